The Morgan fingerprint density at radius 2 is 2.00 bits per heavy atom. The predicted octanol–water partition coefficient (Wildman–Crippen LogP) is 3.52. The Hall–Kier alpha value is -2.80. The van der Waals surface area contributed by atoms with Crippen LogP contribution in [0.3, 0.4) is 0 Å². The number of imide groups is 1. The van der Waals surface area contributed by atoms with Crippen molar-refractivity contribution < 1.29 is 18.8 Å². The van der Waals surface area contributed by atoms with Crippen LogP contribution in [0.2, 0.25) is 0 Å². The van der Waals surface area contributed by atoms with Crippen LogP contribution in [-0.4, -0.2) is 28.5 Å². The zero-order valence-electron chi connectivity index (χ0n) is 13.5. The molecule has 1 aliphatic heterocycles. The number of nitrogens with one attached hydrogen (secondary N) is 1. The summed E-state index contributed by atoms with van der Waals surface area (Å²) < 4.78 is 5.14. The number of thioether (sulfide) groups is 1. The van der Waals surface area contributed by atoms with E-state index in [1.54, 1.807) is 24.3 Å². The Balaban J connectivity index is 1.64. The molecule has 25 heavy (non-hydrogen) atoms. The minimum atomic E-state index is -0.497. The van der Waals surface area contributed by atoms with E-state index in [0.29, 0.717) is 11.4 Å². The molecule has 2 heterocycles. The van der Waals surface area contributed by atoms with Gasteiger partial charge in [-0.1, -0.05) is 19.1 Å². The van der Waals surface area contributed by atoms with Gasteiger partial charge in [-0.25, -0.2) is 0 Å². The van der Waals surface area contributed by atoms with Crippen LogP contribution in [0, 0.1) is 0 Å². The Morgan fingerprint density at radius 1 is 1.24 bits per heavy atom. The molecule has 0 saturated carbocycles. The zero-order valence-corrected chi connectivity index (χ0v) is 14.3. The first-order valence-corrected chi connectivity index (χ1v) is 8.56. The van der Waals surface area contributed by atoms with Crippen molar-refractivity contribution in [3.8, 4) is 0 Å². The molecule has 3 amide bonds. The number of hydrogen-bond acceptors (Lipinski definition) is 5. The molecule has 0 aliphatic carbocycles. The third kappa shape index (κ3) is 4.00. The van der Waals surface area contributed by atoms with E-state index in [2.05, 4.69) is 5.32 Å². The highest BCUT2D eigenvalue weighted by Crippen LogP contribution is 2.32. The maximum absolute atomic E-state index is 12.3. The highest BCUT2D eigenvalue weighted by molar-refractivity contribution is 8.18. The monoisotopic (exact) mass is 356 g/mol. The van der Waals surface area contributed by atoms with Gasteiger partial charge in [0.1, 0.15) is 12.3 Å². The molecule has 0 bridgehead atoms. The zero-order chi connectivity index (χ0) is 17.8. The molecule has 0 radical (unpaired) electrons. The lowest BCUT2D eigenvalue weighted by molar-refractivity contribution is -0.127. The van der Waals surface area contributed by atoms with Crippen molar-refractivity contribution in [1.29, 1.82) is 0 Å². The van der Waals surface area contributed by atoms with Gasteiger partial charge in [0.15, 0.2) is 0 Å². The first kappa shape index (κ1) is 17.0. The highest BCUT2D eigenvalue weighted by atomic mass is 32.2. The van der Waals surface area contributed by atoms with Gasteiger partial charge >= 0.3 is 0 Å². The Kier molecular flexibility index (Phi) is 5.04. The summed E-state index contributed by atoms with van der Waals surface area (Å²) in [5, 5.41) is 2.22. The number of nitrogens with zero attached hydrogens (tertiary/aromatic N) is 1. The first-order chi connectivity index (χ1) is 12.1. The van der Waals surface area contributed by atoms with Crippen LogP contribution in [0.1, 0.15) is 18.2 Å². The van der Waals surface area contributed by atoms with Crippen molar-refractivity contribution in [2.24, 2.45) is 0 Å². The summed E-state index contributed by atoms with van der Waals surface area (Å²) in [5.41, 5.74) is 1.78. The maximum Gasteiger partial charge on any atom is 0.294 e. The van der Waals surface area contributed by atoms with E-state index in [4.69, 9.17) is 4.42 Å². The first-order valence-electron chi connectivity index (χ1n) is 7.74. The summed E-state index contributed by atoms with van der Waals surface area (Å²) in [5.74, 6) is -0.445. The lowest BCUT2D eigenvalue weighted by Crippen LogP contribution is -2.36. The average molecular weight is 356 g/mol. The fraction of sp³-hybridized carbons (Fsp3) is 0.167. The molecule has 1 N–H and O–H groups in total. The van der Waals surface area contributed by atoms with Crippen molar-refractivity contribution in [2.75, 3.05) is 11.9 Å². The summed E-state index contributed by atoms with van der Waals surface area (Å²) in [7, 11) is 0. The third-order valence-electron chi connectivity index (χ3n) is 3.64. The number of hydrogen-bond donors (Lipinski definition) is 1. The van der Waals surface area contributed by atoms with Crippen molar-refractivity contribution >= 4 is 40.6 Å². The molecular weight excluding hydrogens is 340 g/mol. The largest absolute Gasteiger partial charge is 0.465 e. The van der Waals surface area contributed by atoms with E-state index in [1.165, 1.54) is 12.3 Å². The van der Waals surface area contributed by atoms with Gasteiger partial charge in [0.05, 0.1) is 11.2 Å². The van der Waals surface area contributed by atoms with Crippen molar-refractivity contribution in [1.82, 2.24) is 4.90 Å². The van der Waals surface area contributed by atoms with Crippen LogP contribution in [-0.2, 0) is 16.0 Å². The fourth-order valence-corrected chi connectivity index (χ4v) is 3.13. The second-order valence-corrected chi connectivity index (χ2v) is 6.38. The molecule has 0 unspecified atom stereocenters. The molecule has 2 aromatic rings. The van der Waals surface area contributed by atoms with Crippen LogP contribution in [0.4, 0.5) is 10.5 Å². The van der Waals surface area contributed by atoms with E-state index in [9.17, 15) is 14.4 Å². The molecule has 0 atom stereocenters. The topological polar surface area (TPSA) is 79.6 Å². The number of furan rings is 1. The Bertz CT molecular complexity index is 825. The Morgan fingerprint density at radius 3 is 2.64 bits per heavy atom. The minimum absolute atomic E-state index is 0.236. The van der Waals surface area contributed by atoms with Crippen LogP contribution in [0.15, 0.2) is 52.0 Å². The van der Waals surface area contributed by atoms with E-state index < -0.39 is 17.1 Å². The number of carbonyl (C=O) groups excluding carboxylic acids is 3. The van der Waals surface area contributed by atoms with Gasteiger partial charge in [0, 0.05) is 11.8 Å². The molecule has 3 rings (SSSR count). The second-order valence-electron chi connectivity index (χ2n) is 5.38. The summed E-state index contributed by atoms with van der Waals surface area (Å²) in [6.07, 6.45) is 3.88. The van der Waals surface area contributed by atoms with Crippen LogP contribution in [0.5, 0.6) is 0 Å². The molecule has 0 spiro atoms. The molecule has 1 aromatic heterocycles. The number of aryl methyl sites for hydroxylation is 1. The van der Waals surface area contributed by atoms with Crippen LogP contribution < -0.4 is 5.32 Å². The number of rotatable bonds is 5. The van der Waals surface area contributed by atoms with Gasteiger partial charge < -0.3 is 9.73 Å². The second kappa shape index (κ2) is 7.40. The lowest BCUT2D eigenvalue weighted by Gasteiger charge is -2.12. The minimum Gasteiger partial charge on any atom is -0.465 e. The number of amides is 3. The third-order valence-corrected chi connectivity index (χ3v) is 4.55. The van der Waals surface area contributed by atoms with Crippen LogP contribution in [0.25, 0.3) is 6.08 Å². The maximum atomic E-state index is 12.3. The van der Waals surface area contributed by atoms with Gasteiger partial charge in [-0.3, -0.25) is 19.3 Å². The molecule has 128 valence electrons. The average Bonchev–Trinajstić information content (AvgIpc) is 3.20. The number of benzene rings is 1. The molecule has 7 heteroatoms. The van der Waals surface area contributed by atoms with Gasteiger partial charge in [0.2, 0.25) is 5.91 Å². The van der Waals surface area contributed by atoms with Crippen LogP contribution >= 0.6 is 11.8 Å². The molecule has 1 aliphatic rings. The summed E-state index contributed by atoms with van der Waals surface area (Å²) >= 11 is 0.792. The standard InChI is InChI=1S/C18H16N2O4S/c1-2-12-5-7-13(8-6-12)19-16(21)11-20-17(22)15(25-18(20)23)10-14-4-3-9-24-14/h3-10H,2,11H2,1H3,(H,19,21)/b15-10+. The molecule has 1 saturated heterocycles. The summed E-state index contributed by atoms with van der Waals surface area (Å²) in [6.45, 7) is 1.72. The number of carbonyl (C=O) groups is 3. The molecule has 1 aromatic carbocycles. The SMILES string of the molecule is CCc1ccc(NC(=O)CN2C(=O)S/C(=C/c3ccco3)C2=O)cc1. The van der Waals surface area contributed by atoms with E-state index in [-0.39, 0.29) is 11.4 Å². The van der Waals surface area contributed by atoms with E-state index >= 15 is 0 Å². The number of anilines is 1. The molecular formula is C18H16N2O4S. The molecule has 1 fully saturated rings. The fourth-order valence-electron chi connectivity index (χ4n) is 2.31. The van der Waals surface area contributed by atoms with Gasteiger partial charge in [-0.2, -0.15) is 0 Å². The van der Waals surface area contributed by atoms with Crippen molar-refractivity contribution in [3.05, 3.63) is 58.9 Å². The van der Waals surface area contributed by atoms with Gasteiger partial charge in [-0.05, 0) is 48.0 Å². The quantitative estimate of drug-likeness (QED) is 0.829. The smallest absolute Gasteiger partial charge is 0.294 e. The van der Waals surface area contributed by atoms with Gasteiger partial charge in [-0.15, -0.1) is 0 Å². The van der Waals surface area contributed by atoms with Gasteiger partial charge in [0.25, 0.3) is 11.1 Å². The predicted molar refractivity (Wildman–Crippen MR) is 95.8 cm³/mol. The van der Waals surface area contributed by atoms with E-state index in [0.717, 1.165) is 28.6 Å². The van der Waals surface area contributed by atoms with Crippen molar-refractivity contribution in [3.63, 3.8) is 0 Å². The highest BCUT2D eigenvalue weighted by Gasteiger charge is 2.36. The lowest BCUT2D eigenvalue weighted by atomic mass is 10.1. The summed E-state index contributed by atoms with van der Waals surface area (Å²) in [6, 6.07) is 10.8. The summed E-state index contributed by atoms with van der Waals surface area (Å²) in [4.78, 5) is 37.6. The normalized spacial score (nSPS) is 15.9. The van der Waals surface area contributed by atoms with E-state index in [1.807, 2.05) is 19.1 Å². The molecule has 6 nitrogen and oxygen atoms in total. The Labute approximate surface area is 148 Å². The van der Waals surface area contributed by atoms with Crippen molar-refractivity contribution in [2.45, 2.75) is 13.3 Å².